The summed E-state index contributed by atoms with van der Waals surface area (Å²) in [7, 11) is 0. The van der Waals surface area contributed by atoms with Crippen LogP contribution in [0.15, 0.2) is 53.7 Å². The zero-order valence-electron chi connectivity index (χ0n) is 13.1. The van der Waals surface area contributed by atoms with Gasteiger partial charge >= 0.3 is 0 Å². The van der Waals surface area contributed by atoms with Crippen LogP contribution >= 0.6 is 11.8 Å². The highest BCUT2D eigenvalue weighted by Gasteiger charge is 2.07. The average molecular weight is 319 g/mol. The molecule has 114 valence electrons. The molecule has 2 aromatic carbocycles. The zero-order chi connectivity index (χ0) is 15.8. The van der Waals surface area contributed by atoms with Crippen molar-refractivity contribution in [2.45, 2.75) is 24.8 Å². The number of rotatable bonds is 3. The zero-order valence-corrected chi connectivity index (χ0v) is 13.9. The van der Waals surface area contributed by atoms with Crippen molar-refractivity contribution in [2.75, 3.05) is 0 Å². The lowest BCUT2D eigenvalue weighted by atomic mass is 10.1. The first kappa shape index (κ1) is 14.3. The van der Waals surface area contributed by atoms with Crippen LogP contribution in [0.25, 0.3) is 21.9 Å². The molecule has 2 aromatic heterocycles. The number of fused-ring (bicyclic) bond motifs is 2. The van der Waals surface area contributed by atoms with Crippen LogP contribution in [-0.2, 0) is 5.75 Å². The maximum atomic E-state index is 4.71. The predicted molar refractivity (Wildman–Crippen MR) is 96.9 cm³/mol. The van der Waals surface area contributed by atoms with Crippen molar-refractivity contribution < 1.29 is 0 Å². The van der Waals surface area contributed by atoms with Gasteiger partial charge in [0.25, 0.3) is 0 Å². The number of hydrogen-bond acceptors (Lipinski definition) is 3. The molecule has 4 rings (SSSR count). The van der Waals surface area contributed by atoms with E-state index >= 15 is 0 Å². The van der Waals surface area contributed by atoms with E-state index in [0.717, 1.165) is 33.2 Å². The second-order valence-electron chi connectivity index (χ2n) is 5.80. The Morgan fingerprint density at radius 2 is 1.87 bits per heavy atom. The number of aromatic nitrogens is 3. The molecule has 0 atom stereocenters. The molecule has 0 aliphatic carbocycles. The summed E-state index contributed by atoms with van der Waals surface area (Å²) < 4.78 is 0. The van der Waals surface area contributed by atoms with Crippen LogP contribution in [-0.4, -0.2) is 15.0 Å². The minimum absolute atomic E-state index is 0.808. The van der Waals surface area contributed by atoms with E-state index in [1.165, 1.54) is 16.5 Å². The summed E-state index contributed by atoms with van der Waals surface area (Å²) in [5.41, 5.74) is 6.75. The molecule has 0 radical (unpaired) electrons. The van der Waals surface area contributed by atoms with Crippen molar-refractivity contribution in [3.8, 4) is 0 Å². The molecule has 0 spiro atoms. The summed E-state index contributed by atoms with van der Waals surface area (Å²) in [4.78, 5) is 12.8. The SMILES string of the molecule is Cc1cc(C)c2nc(SCc3ccc4ccccc4n3)[nH]c2c1. The summed E-state index contributed by atoms with van der Waals surface area (Å²) in [6, 6.07) is 16.7. The normalized spacial score (nSPS) is 11.4. The minimum Gasteiger partial charge on any atom is -0.333 e. The van der Waals surface area contributed by atoms with Gasteiger partial charge in [-0.3, -0.25) is 4.98 Å². The molecule has 23 heavy (non-hydrogen) atoms. The van der Waals surface area contributed by atoms with Crippen molar-refractivity contribution in [2.24, 2.45) is 0 Å². The summed E-state index contributed by atoms with van der Waals surface area (Å²) in [6.07, 6.45) is 0. The highest BCUT2D eigenvalue weighted by atomic mass is 32.2. The van der Waals surface area contributed by atoms with Gasteiger partial charge in [0.05, 0.1) is 22.2 Å². The number of nitrogens with zero attached hydrogens (tertiary/aromatic N) is 2. The molecular formula is C19H17N3S. The number of imidazole rings is 1. The van der Waals surface area contributed by atoms with Crippen LogP contribution in [0.2, 0.25) is 0 Å². The maximum Gasteiger partial charge on any atom is 0.166 e. The van der Waals surface area contributed by atoms with Gasteiger partial charge in [-0.2, -0.15) is 0 Å². The van der Waals surface area contributed by atoms with E-state index in [0.29, 0.717) is 0 Å². The standard InChI is InChI=1S/C19H17N3S/c1-12-9-13(2)18-17(10-12)21-19(22-18)23-11-15-8-7-14-5-3-4-6-16(14)20-15/h3-10H,11H2,1-2H3,(H,21,22). The van der Waals surface area contributed by atoms with Gasteiger partial charge in [0, 0.05) is 11.1 Å². The lowest BCUT2D eigenvalue weighted by Crippen LogP contribution is -1.88. The molecule has 3 nitrogen and oxygen atoms in total. The monoisotopic (exact) mass is 319 g/mol. The van der Waals surface area contributed by atoms with Crippen LogP contribution in [0.3, 0.4) is 0 Å². The van der Waals surface area contributed by atoms with Crippen LogP contribution in [0.4, 0.5) is 0 Å². The van der Waals surface area contributed by atoms with Gasteiger partial charge in [-0.05, 0) is 43.2 Å². The molecule has 0 fully saturated rings. The first-order valence-electron chi connectivity index (χ1n) is 7.63. The number of H-pyrrole nitrogens is 1. The van der Waals surface area contributed by atoms with Crippen molar-refractivity contribution in [1.82, 2.24) is 15.0 Å². The topological polar surface area (TPSA) is 41.6 Å². The van der Waals surface area contributed by atoms with E-state index in [-0.39, 0.29) is 0 Å². The third-order valence-electron chi connectivity index (χ3n) is 3.91. The molecule has 0 aliphatic heterocycles. The number of aryl methyl sites for hydroxylation is 2. The maximum absolute atomic E-state index is 4.71. The number of thioether (sulfide) groups is 1. The Bertz CT molecular complexity index is 1000. The number of hydrogen-bond donors (Lipinski definition) is 1. The van der Waals surface area contributed by atoms with Crippen molar-refractivity contribution in [3.63, 3.8) is 0 Å². The van der Waals surface area contributed by atoms with E-state index in [4.69, 9.17) is 9.97 Å². The van der Waals surface area contributed by atoms with Gasteiger partial charge < -0.3 is 4.98 Å². The highest BCUT2D eigenvalue weighted by Crippen LogP contribution is 2.25. The number of nitrogens with one attached hydrogen (secondary N) is 1. The molecule has 0 unspecified atom stereocenters. The lowest BCUT2D eigenvalue weighted by molar-refractivity contribution is 1.07. The van der Waals surface area contributed by atoms with E-state index < -0.39 is 0 Å². The fourth-order valence-electron chi connectivity index (χ4n) is 2.85. The largest absolute Gasteiger partial charge is 0.333 e. The fourth-order valence-corrected chi connectivity index (χ4v) is 3.63. The minimum atomic E-state index is 0.808. The van der Waals surface area contributed by atoms with Gasteiger partial charge in [-0.25, -0.2) is 4.98 Å². The molecule has 1 N–H and O–H groups in total. The number of para-hydroxylation sites is 1. The molecule has 4 heteroatoms. The Morgan fingerprint density at radius 3 is 2.78 bits per heavy atom. The van der Waals surface area contributed by atoms with Gasteiger partial charge in [-0.15, -0.1) is 0 Å². The summed E-state index contributed by atoms with van der Waals surface area (Å²) in [6.45, 7) is 4.22. The summed E-state index contributed by atoms with van der Waals surface area (Å²) in [5.74, 6) is 0.808. The van der Waals surface area contributed by atoms with Crippen LogP contribution in [0.5, 0.6) is 0 Å². The summed E-state index contributed by atoms with van der Waals surface area (Å²) >= 11 is 1.69. The van der Waals surface area contributed by atoms with Crippen molar-refractivity contribution >= 4 is 33.7 Å². The first-order chi connectivity index (χ1) is 11.2. The Labute approximate surface area is 139 Å². The van der Waals surface area contributed by atoms with E-state index in [1.807, 2.05) is 12.1 Å². The third-order valence-corrected chi connectivity index (χ3v) is 4.82. The van der Waals surface area contributed by atoms with Gasteiger partial charge in [0.2, 0.25) is 0 Å². The molecule has 0 bridgehead atoms. The van der Waals surface area contributed by atoms with Crippen molar-refractivity contribution in [3.05, 3.63) is 65.4 Å². The Balaban J connectivity index is 1.59. The molecule has 2 heterocycles. The second-order valence-corrected chi connectivity index (χ2v) is 6.77. The predicted octanol–water partition coefficient (Wildman–Crippen LogP) is 5.02. The van der Waals surface area contributed by atoms with Gasteiger partial charge in [0.15, 0.2) is 5.16 Å². The molecule has 0 saturated carbocycles. The molecule has 0 saturated heterocycles. The quantitative estimate of drug-likeness (QED) is 0.539. The van der Waals surface area contributed by atoms with E-state index in [2.05, 4.69) is 55.2 Å². The molecule has 4 aromatic rings. The van der Waals surface area contributed by atoms with Crippen LogP contribution in [0.1, 0.15) is 16.8 Å². The number of aromatic amines is 1. The fraction of sp³-hybridized carbons (Fsp3) is 0.158. The Hall–Kier alpha value is -2.33. The van der Waals surface area contributed by atoms with E-state index in [9.17, 15) is 0 Å². The van der Waals surface area contributed by atoms with E-state index in [1.54, 1.807) is 11.8 Å². The third kappa shape index (κ3) is 2.82. The molecule has 0 aliphatic rings. The highest BCUT2D eigenvalue weighted by molar-refractivity contribution is 7.98. The molecule has 0 amide bonds. The summed E-state index contributed by atoms with van der Waals surface area (Å²) in [5, 5.41) is 2.12. The molecular weight excluding hydrogens is 302 g/mol. The number of pyridine rings is 1. The van der Waals surface area contributed by atoms with Gasteiger partial charge in [0.1, 0.15) is 0 Å². The van der Waals surface area contributed by atoms with Crippen LogP contribution in [0, 0.1) is 13.8 Å². The second kappa shape index (κ2) is 5.70. The average Bonchev–Trinajstić information content (AvgIpc) is 2.96. The lowest BCUT2D eigenvalue weighted by Gasteiger charge is -2.01. The van der Waals surface area contributed by atoms with Crippen molar-refractivity contribution in [1.29, 1.82) is 0 Å². The number of benzene rings is 2. The van der Waals surface area contributed by atoms with Gasteiger partial charge in [-0.1, -0.05) is 42.1 Å². The Kier molecular flexibility index (Phi) is 3.54. The van der Waals surface area contributed by atoms with Crippen LogP contribution < -0.4 is 0 Å². The Morgan fingerprint density at radius 1 is 1.00 bits per heavy atom. The smallest absolute Gasteiger partial charge is 0.166 e. The first-order valence-corrected chi connectivity index (χ1v) is 8.62.